The van der Waals surface area contributed by atoms with Crippen molar-refractivity contribution in [3.8, 4) is 11.5 Å². The Labute approximate surface area is 198 Å². The number of para-hydroxylation sites is 1. The number of pyridine rings is 1. The summed E-state index contributed by atoms with van der Waals surface area (Å²) in [6, 6.07) is 17.4. The van der Waals surface area contributed by atoms with E-state index in [1.807, 2.05) is 19.2 Å². The molecule has 1 N–H and O–H groups in total. The molecule has 4 rings (SSSR count). The van der Waals surface area contributed by atoms with E-state index in [1.165, 1.54) is 23.8 Å². The number of nitrogens with one attached hydrogen (secondary N) is 1. The van der Waals surface area contributed by atoms with Crippen molar-refractivity contribution >= 4 is 16.6 Å². The van der Waals surface area contributed by atoms with Crippen molar-refractivity contribution in [3.63, 3.8) is 0 Å². The van der Waals surface area contributed by atoms with Crippen LogP contribution in [0, 0.1) is 0 Å². The van der Waals surface area contributed by atoms with Crippen LogP contribution in [0.3, 0.4) is 0 Å². The summed E-state index contributed by atoms with van der Waals surface area (Å²) in [5, 5.41) is 4.88. The van der Waals surface area contributed by atoms with Gasteiger partial charge in [0.25, 0.3) is 0 Å². The average molecular weight is 448 g/mol. The highest BCUT2D eigenvalue weighted by atomic mass is 16.5. The Hall–Kier alpha value is -2.79. The van der Waals surface area contributed by atoms with Crippen LogP contribution in [0.5, 0.6) is 11.5 Å². The van der Waals surface area contributed by atoms with E-state index in [2.05, 4.69) is 64.6 Å². The Kier molecular flexibility index (Phi) is 8.42. The van der Waals surface area contributed by atoms with Gasteiger partial charge in [0.1, 0.15) is 0 Å². The van der Waals surface area contributed by atoms with Crippen molar-refractivity contribution in [3.05, 3.63) is 60.3 Å². The Bertz CT molecular complexity index is 1010. The smallest absolute Gasteiger partial charge is 0.161 e. The largest absolute Gasteiger partial charge is 0.490 e. The number of rotatable bonds is 11. The van der Waals surface area contributed by atoms with Gasteiger partial charge in [-0.3, -0.25) is 9.88 Å². The van der Waals surface area contributed by atoms with Crippen LogP contribution in [0.25, 0.3) is 10.9 Å². The fourth-order valence-electron chi connectivity index (χ4n) is 4.45. The normalized spacial score (nSPS) is 15.0. The lowest BCUT2D eigenvalue weighted by Gasteiger charge is -2.33. The zero-order chi connectivity index (χ0) is 22.9. The summed E-state index contributed by atoms with van der Waals surface area (Å²) in [7, 11) is 0. The first-order chi connectivity index (χ1) is 16.2. The number of benzene rings is 2. The molecule has 1 saturated heterocycles. The minimum Gasteiger partial charge on any atom is -0.490 e. The minimum absolute atomic E-state index is 0.488. The van der Waals surface area contributed by atoms with Crippen LogP contribution >= 0.6 is 0 Å². The number of hydrogen-bond acceptors (Lipinski definition) is 5. The van der Waals surface area contributed by atoms with Crippen LogP contribution in [0.1, 0.15) is 51.5 Å². The van der Waals surface area contributed by atoms with Gasteiger partial charge in [-0.05, 0) is 56.0 Å². The highest BCUT2D eigenvalue weighted by molar-refractivity contribution is 5.81. The molecule has 2 heterocycles. The molecule has 3 aromatic rings. The number of unbranched alkanes of at least 4 members (excludes halogenated alkanes) is 2. The second kappa shape index (κ2) is 11.9. The number of piperidine rings is 1. The summed E-state index contributed by atoms with van der Waals surface area (Å²) in [4.78, 5) is 7.11. The Morgan fingerprint density at radius 2 is 1.82 bits per heavy atom. The third-order valence-corrected chi connectivity index (χ3v) is 6.27. The van der Waals surface area contributed by atoms with Crippen molar-refractivity contribution < 1.29 is 9.47 Å². The van der Waals surface area contributed by atoms with E-state index in [-0.39, 0.29) is 0 Å². The average Bonchev–Trinajstić information content (AvgIpc) is 2.84. The minimum atomic E-state index is 0.488. The number of likely N-dealkylation sites (tertiary alicyclic amines) is 1. The number of hydrogen-bond donors (Lipinski definition) is 1. The zero-order valence-corrected chi connectivity index (χ0v) is 20.1. The maximum atomic E-state index is 5.98. The lowest BCUT2D eigenvalue weighted by molar-refractivity contribution is 0.210. The number of nitrogens with zero attached hydrogens (tertiary/aromatic N) is 2. The molecule has 0 bridgehead atoms. The SMILES string of the molecule is CCCCCOc1ccc(CN2CCC(Nc3cnc4ccccc4c3)CC2)cc1OCC. The first-order valence-corrected chi connectivity index (χ1v) is 12.5. The summed E-state index contributed by atoms with van der Waals surface area (Å²) in [5.74, 6) is 1.73. The van der Waals surface area contributed by atoms with Gasteiger partial charge in [0.15, 0.2) is 11.5 Å². The molecule has 0 amide bonds. The van der Waals surface area contributed by atoms with E-state index in [9.17, 15) is 0 Å². The van der Waals surface area contributed by atoms with Crippen LogP contribution in [-0.2, 0) is 6.54 Å². The maximum absolute atomic E-state index is 5.98. The molecule has 33 heavy (non-hydrogen) atoms. The fourth-order valence-corrected chi connectivity index (χ4v) is 4.45. The van der Waals surface area contributed by atoms with E-state index in [0.717, 1.165) is 68.2 Å². The van der Waals surface area contributed by atoms with E-state index >= 15 is 0 Å². The Balaban J connectivity index is 1.29. The first kappa shape index (κ1) is 23.4. The summed E-state index contributed by atoms with van der Waals surface area (Å²) in [6.45, 7) is 8.74. The molecule has 176 valence electrons. The number of anilines is 1. The molecule has 5 heteroatoms. The van der Waals surface area contributed by atoms with Gasteiger partial charge in [-0.2, -0.15) is 0 Å². The highest BCUT2D eigenvalue weighted by Crippen LogP contribution is 2.30. The zero-order valence-electron chi connectivity index (χ0n) is 20.1. The van der Waals surface area contributed by atoms with Crippen molar-refractivity contribution in [2.45, 2.75) is 58.5 Å². The van der Waals surface area contributed by atoms with Crippen LogP contribution in [0.4, 0.5) is 5.69 Å². The van der Waals surface area contributed by atoms with Crippen molar-refractivity contribution in [2.24, 2.45) is 0 Å². The molecule has 0 spiro atoms. The van der Waals surface area contributed by atoms with Gasteiger partial charge < -0.3 is 14.8 Å². The third-order valence-electron chi connectivity index (χ3n) is 6.27. The van der Waals surface area contributed by atoms with Gasteiger partial charge in [-0.1, -0.05) is 44.0 Å². The van der Waals surface area contributed by atoms with Gasteiger partial charge in [0, 0.05) is 31.1 Å². The van der Waals surface area contributed by atoms with Gasteiger partial charge in [-0.15, -0.1) is 0 Å². The standard InChI is InChI=1S/C28H37N3O2/c1-3-5-8-17-33-27-12-11-22(18-28(27)32-4-2)21-31-15-13-24(14-16-31)30-25-19-23-9-6-7-10-26(23)29-20-25/h6-7,9-12,18-20,24,30H,3-5,8,13-17,21H2,1-2H3. The van der Waals surface area contributed by atoms with Crippen molar-refractivity contribution in [1.29, 1.82) is 0 Å². The van der Waals surface area contributed by atoms with Crippen LogP contribution in [0.2, 0.25) is 0 Å². The van der Waals surface area contributed by atoms with E-state index in [1.54, 1.807) is 0 Å². The predicted molar refractivity (Wildman–Crippen MR) is 136 cm³/mol. The maximum Gasteiger partial charge on any atom is 0.161 e. The molecular formula is C28H37N3O2. The Morgan fingerprint density at radius 3 is 2.64 bits per heavy atom. The number of fused-ring (bicyclic) bond motifs is 1. The molecular weight excluding hydrogens is 410 g/mol. The molecule has 1 fully saturated rings. The molecule has 0 atom stereocenters. The summed E-state index contributed by atoms with van der Waals surface area (Å²) < 4.78 is 11.9. The van der Waals surface area contributed by atoms with Crippen molar-refractivity contribution in [2.75, 3.05) is 31.6 Å². The molecule has 0 aliphatic carbocycles. The monoisotopic (exact) mass is 447 g/mol. The molecule has 5 nitrogen and oxygen atoms in total. The first-order valence-electron chi connectivity index (χ1n) is 12.5. The molecule has 0 radical (unpaired) electrons. The number of aromatic nitrogens is 1. The second-order valence-electron chi connectivity index (χ2n) is 8.88. The van der Waals surface area contributed by atoms with Crippen LogP contribution in [-0.4, -0.2) is 42.2 Å². The molecule has 1 aliphatic heterocycles. The molecule has 2 aromatic carbocycles. The molecule has 1 aromatic heterocycles. The van der Waals surface area contributed by atoms with Crippen LogP contribution in [0.15, 0.2) is 54.7 Å². The van der Waals surface area contributed by atoms with E-state index in [4.69, 9.17) is 9.47 Å². The lowest BCUT2D eigenvalue weighted by Crippen LogP contribution is -2.38. The quantitative estimate of drug-likeness (QED) is 0.351. The van der Waals surface area contributed by atoms with Gasteiger partial charge >= 0.3 is 0 Å². The van der Waals surface area contributed by atoms with E-state index in [0.29, 0.717) is 12.6 Å². The van der Waals surface area contributed by atoms with Gasteiger partial charge in [-0.25, -0.2) is 0 Å². The topological polar surface area (TPSA) is 46.6 Å². The summed E-state index contributed by atoms with van der Waals surface area (Å²) in [6.07, 6.45) is 7.70. The van der Waals surface area contributed by atoms with Gasteiger partial charge in [0.2, 0.25) is 0 Å². The predicted octanol–water partition coefficient (Wildman–Crippen LogP) is 6.28. The fraction of sp³-hybridized carbons (Fsp3) is 0.464. The molecule has 0 saturated carbocycles. The molecule has 0 unspecified atom stereocenters. The summed E-state index contributed by atoms with van der Waals surface area (Å²) in [5.41, 5.74) is 3.44. The Morgan fingerprint density at radius 1 is 0.970 bits per heavy atom. The highest BCUT2D eigenvalue weighted by Gasteiger charge is 2.20. The summed E-state index contributed by atoms with van der Waals surface area (Å²) >= 11 is 0. The third kappa shape index (κ3) is 6.61. The van der Waals surface area contributed by atoms with E-state index < -0.39 is 0 Å². The number of ether oxygens (including phenoxy) is 2. The van der Waals surface area contributed by atoms with Crippen molar-refractivity contribution in [1.82, 2.24) is 9.88 Å². The van der Waals surface area contributed by atoms with Gasteiger partial charge in [0.05, 0.1) is 30.6 Å². The van der Waals surface area contributed by atoms with Crippen LogP contribution < -0.4 is 14.8 Å². The second-order valence-corrected chi connectivity index (χ2v) is 8.88. The lowest BCUT2D eigenvalue weighted by atomic mass is 10.0. The molecule has 1 aliphatic rings.